The van der Waals surface area contributed by atoms with Crippen LogP contribution in [0.1, 0.15) is 25.0 Å². The minimum absolute atomic E-state index is 0.222. The zero-order valence-corrected chi connectivity index (χ0v) is 17.9. The zero-order chi connectivity index (χ0) is 23.2. The highest BCUT2D eigenvalue weighted by Gasteiger charge is 2.32. The molecule has 2 rings (SSSR count). The maximum absolute atomic E-state index is 13.0. The van der Waals surface area contributed by atoms with Gasteiger partial charge in [0.15, 0.2) is 0 Å². The average molecular weight is 457 g/mol. The highest BCUT2D eigenvalue weighted by atomic mass is 32.2. The molecule has 0 aliphatic heterocycles. The molecule has 2 aromatic carbocycles. The quantitative estimate of drug-likeness (QED) is 0.486. The number of halogens is 3. The van der Waals surface area contributed by atoms with E-state index in [4.69, 9.17) is 4.74 Å². The lowest BCUT2D eigenvalue weighted by molar-refractivity contribution is -0.137. The van der Waals surface area contributed by atoms with Crippen molar-refractivity contribution in [2.75, 3.05) is 17.2 Å². The van der Waals surface area contributed by atoms with Crippen molar-refractivity contribution in [2.45, 2.75) is 26.1 Å². The molecule has 0 heterocycles. The number of alkyl halides is 3. The summed E-state index contributed by atoms with van der Waals surface area (Å²) in [6.45, 7) is 3.58. The van der Waals surface area contributed by atoms with Crippen molar-refractivity contribution < 1.29 is 31.1 Å². The second kappa shape index (κ2) is 9.82. The first-order valence-electron chi connectivity index (χ1n) is 9.16. The molecular weight excluding hydrogens is 435 g/mol. The number of nitrogens with zero attached hydrogens (tertiary/aromatic N) is 2. The van der Waals surface area contributed by atoms with Crippen LogP contribution in [0.15, 0.2) is 53.6 Å². The van der Waals surface area contributed by atoms with Gasteiger partial charge in [0.2, 0.25) is 10.0 Å². The van der Waals surface area contributed by atoms with Gasteiger partial charge in [0, 0.05) is 5.56 Å². The van der Waals surface area contributed by atoms with Crippen LogP contribution in [0.25, 0.3) is 0 Å². The van der Waals surface area contributed by atoms with Crippen molar-refractivity contribution in [1.82, 2.24) is 5.43 Å². The molecule has 7 nitrogen and oxygen atoms in total. The predicted molar refractivity (Wildman–Crippen MR) is 112 cm³/mol. The van der Waals surface area contributed by atoms with Gasteiger partial charge in [-0.2, -0.15) is 18.3 Å². The number of benzene rings is 2. The number of hydrazone groups is 1. The number of sulfonamides is 1. The normalized spacial score (nSPS) is 13.1. The van der Waals surface area contributed by atoms with Crippen LogP contribution < -0.4 is 14.5 Å². The van der Waals surface area contributed by atoms with E-state index in [0.717, 1.165) is 22.8 Å². The number of ether oxygens (including phenoxy) is 1. The van der Waals surface area contributed by atoms with Gasteiger partial charge in [-0.25, -0.2) is 13.8 Å². The number of anilines is 1. The molecule has 1 N–H and O–H groups in total. The Hall–Kier alpha value is -3.08. The van der Waals surface area contributed by atoms with Crippen LogP contribution in [0.5, 0.6) is 5.75 Å². The van der Waals surface area contributed by atoms with E-state index in [2.05, 4.69) is 10.5 Å². The molecule has 0 aliphatic carbocycles. The van der Waals surface area contributed by atoms with Gasteiger partial charge >= 0.3 is 6.18 Å². The number of amides is 1. The molecule has 0 saturated carbocycles. The highest BCUT2D eigenvalue weighted by molar-refractivity contribution is 7.92. The third kappa shape index (κ3) is 6.45. The van der Waals surface area contributed by atoms with E-state index in [1.165, 1.54) is 37.3 Å². The van der Waals surface area contributed by atoms with Gasteiger partial charge in [-0.15, -0.1) is 0 Å². The molecule has 0 aliphatic rings. The SMILES string of the molecule is CCOc1ccc(N([C@@H](C)C(=O)N/N=C\c2ccccc2C(F)(F)F)S(C)(=O)=O)cc1. The minimum Gasteiger partial charge on any atom is -0.494 e. The first-order chi connectivity index (χ1) is 14.4. The molecule has 0 aromatic heterocycles. The highest BCUT2D eigenvalue weighted by Crippen LogP contribution is 2.31. The van der Waals surface area contributed by atoms with Gasteiger partial charge in [0.1, 0.15) is 11.8 Å². The Morgan fingerprint density at radius 1 is 1.19 bits per heavy atom. The maximum Gasteiger partial charge on any atom is 0.417 e. The molecule has 0 saturated heterocycles. The van der Waals surface area contributed by atoms with Gasteiger partial charge in [-0.05, 0) is 44.2 Å². The van der Waals surface area contributed by atoms with Crippen molar-refractivity contribution in [2.24, 2.45) is 5.10 Å². The molecule has 0 spiro atoms. The third-order valence-corrected chi connectivity index (χ3v) is 5.38. The number of hydrogen-bond acceptors (Lipinski definition) is 5. The summed E-state index contributed by atoms with van der Waals surface area (Å²) in [6.07, 6.45) is -2.79. The van der Waals surface area contributed by atoms with Gasteiger partial charge in [-0.1, -0.05) is 18.2 Å². The van der Waals surface area contributed by atoms with Crippen LogP contribution in [-0.4, -0.2) is 39.4 Å². The summed E-state index contributed by atoms with van der Waals surface area (Å²) in [6, 6.07) is 9.61. The average Bonchev–Trinajstić information content (AvgIpc) is 2.68. The van der Waals surface area contributed by atoms with Crippen LogP contribution in [0.3, 0.4) is 0 Å². The Kier molecular flexibility index (Phi) is 7.66. The van der Waals surface area contributed by atoms with Gasteiger partial charge in [0.25, 0.3) is 5.91 Å². The van der Waals surface area contributed by atoms with Crippen LogP contribution >= 0.6 is 0 Å². The standard InChI is InChI=1S/C20H22F3N3O4S/c1-4-30-17-11-9-16(10-12-17)26(31(3,28)29)14(2)19(27)25-24-13-15-7-5-6-8-18(15)20(21,22)23/h5-14H,4H2,1-3H3,(H,25,27)/b24-13-/t14-/m0/s1. The summed E-state index contributed by atoms with van der Waals surface area (Å²) in [5, 5.41) is 3.57. The van der Waals surface area contributed by atoms with E-state index in [-0.39, 0.29) is 11.3 Å². The summed E-state index contributed by atoms with van der Waals surface area (Å²) in [7, 11) is -3.86. The van der Waals surface area contributed by atoms with Crippen molar-refractivity contribution in [3.63, 3.8) is 0 Å². The van der Waals surface area contributed by atoms with E-state index in [1.54, 1.807) is 19.1 Å². The molecule has 1 amide bonds. The van der Waals surface area contributed by atoms with Gasteiger partial charge < -0.3 is 4.74 Å². The van der Waals surface area contributed by atoms with Crippen molar-refractivity contribution in [3.8, 4) is 5.75 Å². The molecule has 31 heavy (non-hydrogen) atoms. The van der Waals surface area contributed by atoms with Crippen LogP contribution in [0.2, 0.25) is 0 Å². The van der Waals surface area contributed by atoms with Gasteiger partial charge in [-0.3, -0.25) is 9.10 Å². The smallest absolute Gasteiger partial charge is 0.417 e. The summed E-state index contributed by atoms with van der Waals surface area (Å²) >= 11 is 0. The summed E-state index contributed by atoms with van der Waals surface area (Å²) in [5.41, 5.74) is 1.17. The Balaban J connectivity index is 2.20. The van der Waals surface area contributed by atoms with E-state index in [1.807, 2.05) is 0 Å². The number of carbonyl (C=O) groups excluding carboxylic acids is 1. The lowest BCUT2D eigenvalue weighted by atomic mass is 10.1. The largest absolute Gasteiger partial charge is 0.494 e. The molecule has 0 fully saturated rings. The molecule has 2 aromatic rings. The third-order valence-electron chi connectivity index (χ3n) is 4.14. The molecule has 0 bridgehead atoms. The molecule has 168 valence electrons. The topological polar surface area (TPSA) is 88.1 Å². The Morgan fingerprint density at radius 3 is 2.35 bits per heavy atom. The van der Waals surface area contributed by atoms with Gasteiger partial charge in [0.05, 0.1) is 30.3 Å². The number of rotatable bonds is 8. The monoisotopic (exact) mass is 457 g/mol. The zero-order valence-electron chi connectivity index (χ0n) is 17.1. The fraction of sp³-hybridized carbons (Fsp3) is 0.300. The van der Waals surface area contributed by atoms with Crippen molar-refractivity contribution in [1.29, 1.82) is 0 Å². The molecular formula is C20H22F3N3O4S. The maximum atomic E-state index is 13.0. The van der Waals surface area contributed by atoms with E-state index >= 15 is 0 Å². The fourth-order valence-corrected chi connectivity index (χ4v) is 3.97. The minimum atomic E-state index is -4.58. The molecule has 0 unspecified atom stereocenters. The van der Waals surface area contributed by atoms with Crippen LogP contribution in [0, 0.1) is 0 Å². The lowest BCUT2D eigenvalue weighted by Crippen LogP contribution is -2.46. The molecule has 11 heteroatoms. The first-order valence-corrected chi connectivity index (χ1v) is 11.0. The summed E-state index contributed by atoms with van der Waals surface area (Å²) < 4.78 is 69.9. The lowest BCUT2D eigenvalue weighted by Gasteiger charge is -2.27. The van der Waals surface area contributed by atoms with Crippen molar-refractivity contribution in [3.05, 3.63) is 59.7 Å². The second-order valence-corrected chi connectivity index (χ2v) is 8.34. The van der Waals surface area contributed by atoms with Crippen LogP contribution in [0.4, 0.5) is 18.9 Å². The Labute approximate surface area is 178 Å². The Morgan fingerprint density at radius 2 is 1.81 bits per heavy atom. The number of hydrogen-bond donors (Lipinski definition) is 1. The van der Waals surface area contributed by atoms with Crippen molar-refractivity contribution >= 4 is 27.8 Å². The van der Waals surface area contributed by atoms with E-state index in [0.29, 0.717) is 12.4 Å². The number of carbonyl (C=O) groups is 1. The summed E-state index contributed by atoms with van der Waals surface area (Å²) in [5.74, 6) is -0.287. The van der Waals surface area contributed by atoms with E-state index in [9.17, 15) is 26.4 Å². The fourth-order valence-electron chi connectivity index (χ4n) is 2.79. The van der Waals surface area contributed by atoms with Crippen LogP contribution in [-0.2, 0) is 21.0 Å². The predicted octanol–water partition coefficient (Wildman–Crippen LogP) is 3.41. The Bertz CT molecular complexity index is 1040. The summed E-state index contributed by atoms with van der Waals surface area (Å²) in [4.78, 5) is 12.5. The number of nitrogens with one attached hydrogen (secondary N) is 1. The first kappa shape index (κ1) is 24.2. The molecule has 0 radical (unpaired) electrons. The van der Waals surface area contributed by atoms with E-state index < -0.39 is 33.7 Å². The second-order valence-electron chi connectivity index (χ2n) is 6.48. The molecule has 1 atom stereocenters.